The molecule has 0 spiro atoms. The number of nitrogens with one attached hydrogen (secondary N) is 1. The number of nitrogens with zero attached hydrogens (tertiary/aromatic N) is 1. The van der Waals surface area contributed by atoms with Crippen LogP contribution in [0.4, 0.5) is 0 Å². The number of halogens is 1. The molecule has 68 valence electrons. The van der Waals surface area contributed by atoms with Crippen LogP contribution in [0.2, 0.25) is 0 Å². The highest BCUT2D eigenvalue weighted by atomic mass is 79.9. The van der Waals surface area contributed by atoms with Crippen LogP contribution in [0.1, 0.15) is 16.8 Å². The van der Waals surface area contributed by atoms with Crippen molar-refractivity contribution in [3.8, 4) is 6.07 Å². The van der Waals surface area contributed by atoms with Crippen molar-refractivity contribution in [2.45, 2.75) is 6.42 Å². The zero-order valence-electron chi connectivity index (χ0n) is 6.71. The second kappa shape index (κ2) is 4.67. The first-order valence-electron chi connectivity index (χ1n) is 3.64. The summed E-state index contributed by atoms with van der Waals surface area (Å²) >= 11 is 3.08. The van der Waals surface area contributed by atoms with E-state index in [1.165, 1.54) is 6.26 Å². The molecule has 1 N–H and O–H groups in total. The molecule has 0 radical (unpaired) electrons. The van der Waals surface area contributed by atoms with Crippen LogP contribution in [0, 0.1) is 11.3 Å². The van der Waals surface area contributed by atoms with E-state index in [1.54, 1.807) is 6.07 Å². The SMILES string of the molecule is N#CCCNC(=O)c1ccoc1Br. The Morgan fingerprint density at radius 3 is 3.08 bits per heavy atom. The van der Waals surface area contributed by atoms with Crippen LogP contribution in [0.25, 0.3) is 0 Å². The Balaban J connectivity index is 2.50. The lowest BCUT2D eigenvalue weighted by molar-refractivity contribution is 0.0953. The van der Waals surface area contributed by atoms with Gasteiger partial charge in [0, 0.05) is 6.54 Å². The minimum Gasteiger partial charge on any atom is -0.457 e. The van der Waals surface area contributed by atoms with Gasteiger partial charge in [0.1, 0.15) is 0 Å². The number of hydrogen-bond acceptors (Lipinski definition) is 3. The third-order valence-electron chi connectivity index (χ3n) is 1.38. The first-order valence-corrected chi connectivity index (χ1v) is 4.43. The molecule has 5 heteroatoms. The number of amides is 1. The van der Waals surface area contributed by atoms with Crippen molar-refractivity contribution in [2.24, 2.45) is 0 Å². The van der Waals surface area contributed by atoms with Gasteiger partial charge in [0.15, 0.2) is 4.67 Å². The van der Waals surface area contributed by atoms with Gasteiger partial charge in [-0.1, -0.05) is 0 Å². The molecule has 1 heterocycles. The molecule has 0 bridgehead atoms. The van der Waals surface area contributed by atoms with E-state index in [0.717, 1.165) is 0 Å². The van der Waals surface area contributed by atoms with Gasteiger partial charge in [-0.05, 0) is 22.0 Å². The van der Waals surface area contributed by atoms with E-state index in [2.05, 4.69) is 21.2 Å². The fourth-order valence-electron chi connectivity index (χ4n) is 0.783. The topological polar surface area (TPSA) is 66.0 Å². The van der Waals surface area contributed by atoms with Gasteiger partial charge in [0.2, 0.25) is 0 Å². The molecule has 0 aromatic carbocycles. The highest BCUT2D eigenvalue weighted by Gasteiger charge is 2.10. The highest BCUT2D eigenvalue weighted by molar-refractivity contribution is 9.10. The molecule has 1 aromatic heterocycles. The van der Waals surface area contributed by atoms with Crippen molar-refractivity contribution in [3.63, 3.8) is 0 Å². The zero-order valence-corrected chi connectivity index (χ0v) is 8.30. The maximum Gasteiger partial charge on any atom is 0.255 e. The zero-order chi connectivity index (χ0) is 9.68. The van der Waals surface area contributed by atoms with Crippen LogP contribution < -0.4 is 5.32 Å². The third kappa shape index (κ3) is 2.60. The molecule has 0 saturated carbocycles. The van der Waals surface area contributed by atoms with E-state index in [4.69, 9.17) is 9.68 Å². The molecule has 1 amide bonds. The fourth-order valence-corrected chi connectivity index (χ4v) is 1.20. The summed E-state index contributed by atoms with van der Waals surface area (Å²) in [5.41, 5.74) is 0.443. The number of hydrogen-bond donors (Lipinski definition) is 1. The van der Waals surface area contributed by atoms with Crippen molar-refractivity contribution in [1.29, 1.82) is 5.26 Å². The Bertz CT molecular complexity index is 340. The second-order valence-corrected chi connectivity index (χ2v) is 2.99. The van der Waals surface area contributed by atoms with Crippen LogP contribution in [-0.2, 0) is 0 Å². The Morgan fingerprint density at radius 1 is 1.77 bits per heavy atom. The van der Waals surface area contributed by atoms with Gasteiger partial charge in [0.25, 0.3) is 5.91 Å². The average Bonchev–Trinajstić information content (AvgIpc) is 2.52. The number of furan rings is 1. The molecular weight excluding hydrogens is 236 g/mol. The van der Waals surface area contributed by atoms with E-state index in [1.807, 2.05) is 6.07 Å². The van der Waals surface area contributed by atoms with E-state index in [0.29, 0.717) is 23.2 Å². The number of carbonyl (C=O) groups excluding carboxylic acids is 1. The minimum atomic E-state index is -0.240. The summed E-state index contributed by atoms with van der Waals surface area (Å²) in [6.07, 6.45) is 1.73. The first-order chi connectivity index (χ1) is 6.25. The predicted molar refractivity (Wildman–Crippen MR) is 49.0 cm³/mol. The summed E-state index contributed by atoms with van der Waals surface area (Å²) in [5.74, 6) is -0.240. The lowest BCUT2D eigenvalue weighted by Gasteiger charge is -1.99. The number of carbonyl (C=O) groups is 1. The van der Waals surface area contributed by atoms with E-state index in [-0.39, 0.29) is 5.91 Å². The van der Waals surface area contributed by atoms with Crippen molar-refractivity contribution >= 4 is 21.8 Å². The molecule has 0 unspecified atom stereocenters. The first kappa shape index (κ1) is 9.81. The maximum atomic E-state index is 11.3. The van der Waals surface area contributed by atoms with Crippen LogP contribution >= 0.6 is 15.9 Å². The molecule has 0 aliphatic rings. The molecule has 4 nitrogen and oxygen atoms in total. The summed E-state index contributed by atoms with van der Waals surface area (Å²) in [6.45, 7) is 0.354. The molecule has 13 heavy (non-hydrogen) atoms. The molecule has 0 aliphatic carbocycles. The Hall–Kier alpha value is -1.28. The third-order valence-corrected chi connectivity index (χ3v) is 2.00. The summed E-state index contributed by atoms with van der Waals surface area (Å²) < 4.78 is 5.29. The standard InChI is InChI=1S/C8H7BrN2O2/c9-7-6(2-5-13-7)8(12)11-4-1-3-10/h2,5H,1,4H2,(H,11,12). The Kier molecular flexibility index (Phi) is 3.53. The van der Waals surface area contributed by atoms with Gasteiger partial charge in [-0.2, -0.15) is 5.26 Å². The molecule has 0 saturated heterocycles. The van der Waals surface area contributed by atoms with Gasteiger partial charge in [-0.3, -0.25) is 4.79 Å². The molecular formula is C8H7BrN2O2. The van der Waals surface area contributed by atoms with Gasteiger partial charge in [-0.15, -0.1) is 0 Å². The van der Waals surface area contributed by atoms with Gasteiger partial charge in [0.05, 0.1) is 24.3 Å². The van der Waals surface area contributed by atoms with Gasteiger partial charge < -0.3 is 9.73 Å². The second-order valence-electron chi connectivity index (χ2n) is 2.27. The molecule has 0 fully saturated rings. The Labute approximate surface area is 83.7 Å². The van der Waals surface area contributed by atoms with Crippen LogP contribution in [0.5, 0.6) is 0 Å². The lowest BCUT2D eigenvalue weighted by Crippen LogP contribution is -2.23. The van der Waals surface area contributed by atoms with Crippen molar-refractivity contribution in [3.05, 3.63) is 22.6 Å². The number of nitriles is 1. The van der Waals surface area contributed by atoms with Crippen molar-refractivity contribution in [1.82, 2.24) is 5.32 Å². The highest BCUT2D eigenvalue weighted by Crippen LogP contribution is 2.16. The maximum absolute atomic E-state index is 11.3. The minimum absolute atomic E-state index is 0.240. The van der Waals surface area contributed by atoms with Crippen LogP contribution in [-0.4, -0.2) is 12.5 Å². The van der Waals surface area contributed by atoms with E-state index in [9.17, 15) is 4.79 Å². The summed E-state index contributed by atoms with van der Waals surface area (Å²) in [7, 11) is 0. The number of rotatable bonds is 3. The molecule has 1 aromatic rings. The lowest BCUT2D eigenvalue weighted by atomic mass is 10.3. The van der Waals surface area contributed by atoms with Gasteiger partial charge in [-0.25, -0.2) is 0 Å². The Morgan fingerprint density at radius 2 is 2.54 bits per heavy atom. The molecule has 1 rings (SSSR count). The predicted octanol–water partition coefficient (Wildman–Crippen LogP) is 1.69. The quantitative estimate of drug-likeness (QED) is 0.821. The normalized spacial score (nSPS) is 9.23. The monoisotopic (exact) mass is 242 g/mol. The summed E-state index contributed by atoms with van der Waals surface area (Å²) in [5, 5.41) is 10.8. The van der Waals surface area contributed by atoms with E-state index < -0.39 is 0 Å². The van der Waals surface area contributed by atoms with Crippen molar-refractivity contribution < 1.29 is 9.21 Å². The largest absolute Gasteiger partial charge is 0.457 e. The fraction of sp³-hybridized carbons (Fsp3) is 0.250. The smallest absolute Gasteiger partial charge is 0.255 e. The van der Waals surface area contributed by atoms with Crippen molar-refractivity contribution in [2.75, 3.05) is 6.54 Å². The molecule has 0 atom stereocenters. The summed E-state index contributed by atoms with van der Waals surface area (Å²) in [6, 6.07) is 3.49. The van der Waals surface area contributed by atoms with E-state index >= 15 is 0 Å². The van der Waals surface area contributed by atoms with Gasteiger partial charge >= 0.3 is 0 Å². The summed E-state index contributed by atoms with van der Waals surface area (Å²) in [4.78, 5) is 11.3. The molecule has 0 aliphatic heterocycles. The average molecular weight is 243 g/mol. The van der Waals surface area contributed by atoms with Crippen LogP contribution in [0.15, 0.2) is 21.4 Å². The van der Waals surface area contributed by atoms with Crippen LogP contribution in [0.3, 0.4) is 0 Å².